The van der Waals surface area contributed by atoms with Crippen molar-refractivity contribution in [3.05, 3.63) is 28.2 Å². The summed E-state index contributed by atoms with van der Waals surface area (Å²) in [5.74, 6) is 0.656. The standard InChI is InChI=1S/C17H27BrN2O/c1-3-8-19-11-15-10-16(18)6-7-17(15)20-9-4-5-14(12-20)13-21-2/h6-7,10,14,19H,3-5,8-9,11-13H2,1-2H3. The van der Waals surface area contributed by atoms with E-state index in [1.807, 2.05) is 0 Å². The van der Waals surface area contributed by atoms with Gasteiger partial charge in [-0.05, 0) is 55.5 Å². The Morgan fingerprint density at radius 3 is 3.05 bits per heavy atom. The lowest BCUT2D eigenvalue weighted by molar-refractivity contribution is 0.143. The molecule has 0 bridgehead atoms. The second-order valence-corrected chi connectivity index (χ2v) is 6.78. The van der Waals surface area contributed by atoms with Gasteiger partial charge in [-0.2, -0.15) is 0 Å². The molecule has 0 aliphatic carbocycles. The zero-order valence-corrected chi connectivity index (χ0v) is 14.8. The molecule has 1 fully saturated rings. The Balaban J connectivity index is 2.09. The summed E-state index contributed by atoms with van der Waals surface area (Å²) in [6.07, 6.45) is 3.71. The van der Waals surface area contributed by atoms with Gasteiger partial charge in [0.15, 0.2) is 0 Å². The highest BCUT2D eigenvalue weighted by molar-refractivity contribution is 9.10. The first kappa shape index (κ1) is 16.8. The van der Waals surface area contributed by atoms with Crippen LogP contribution < -0.4 is 10.2 Å². The highest BCUT2D eigenvalue weighted by Gasteiger charge is 2.21. The van der Waals surface area contributed by atoms with Gasteiger partial charge in [0.05, 0.1) is 6.61 Å². The van der Waals surface area contributed by atoms with E-state index in [1.54, 1.807) is 7.11 Å². The van der Waals surface area contributed by atoms with Crippen LogP contribution in [0.5, 0.6) is 0 Å². The predicted octanol–water partition coefficient (Wildman–Crippen LogP) is 3.81. The third kappa shape index (κ3) is 4.97. The largest absolute Gasteiger partial charge is 0.384 e. The Morgan fingerprint density at radius 1 is 1.43 bits per heavy atom. The molecule has 1 aliphatic heterocycles. The molecule has 1 aromatic rings. The Morgan fingerprint density at radius 2 is 2.29 bits per heavy atom. The number of methoxy groups -OCH3 is 1. The minimum atomic E-state index is 0.656. The molecule has 21 heavy (non-hydrogen) atoms. The third-order valence-corrected chi connectivity index (χ3v) is 4.54. The molecule has 1 aromatic carbocycles. The average molecular weight is 355 g/mol. The molecule has 1 N–H and O–H groups in total. The number of piperidine rings is 1. The highest BCUT2D eigenvalue weighted by Crippen LogP contribution is 2.29. The van der Waals surface area contributed by atoms with Gasteiger partial charge in [0, 0.05) is 36.9 Å². The van der Waals surface area contributed by atoms with Crippen molar-refractivity contribution in [3.8, 4) is 0 Å². The van der Waals surface area contributed by atoms with Crippen LogP contribution in [0.1, 0.15) is 31.7 Å². The Bertz CT molecular complexity index is 437. The van der Waals surface area contributed by atoms with E-state index in [-0.39, 0.29) is 0 Å². The Hall–Kier alpha value is -0.580. The zero-order valence-electron chi connectivity index (χ0n) is 13.2. The lowest BCUT2D eigenvalue weighted by Gasteiger charge is -2.35. The van der Waals surface area contributed by atoms with Crippen molar-refractivity contribution >= 4 is 21.6 Å². The number of rotatable bonds is 7. The fraction of sp³-hybridized carbons (Fsp3) is 0.647. The van der Waals surface area contributed by atoms with E-state index in [2.05, 4.69) is 51.3 Å². The van der Waals surface area contributed by atoms with Crippen LogP contribution in [0.15, 0.2) is 22.7 Å². The fourth-order valence-corrected chi connectivity index (χ4v) is 3.47. The van der Waals surface area contributed by atoms with Gasteiger partial charge in [0.25, 0.3) is 0 Å². The van der Waals surface area contributed by atoms with E-state index in [9.17, 15) is 0 Å². The normalized spacial score (nSPS) is 19.0. The number of nitrogens with zero attached hydrogens (tertiary/aromatic N) is 1. The first-order valence-corrected chi connectivity index (χ1v) is 8.77. The number of anilines is 1. The van der Waals surface area contributed by atoms with Crippen molar-refractivity contribution in [2.45, 2.75) is 32.7 Å². The number of halogens is 1. The molecule has 118 valence electrons. The summed E-state index contributed by atoms with van der Waals surface area (Å²) in [5.41, 5.74) is 2.76. The molecule has 0 saturated carbocycles. The van der Waals surface area contributed by atoms with Crippen molar-refractivity contribution in [2.24, 2.45) is 5.92 Å². The molecule has 0 aromatic heterocycles. The first-order chi connectivity index (χ1) is 10.2. The lowest BCUT2D eigenvalue weighted by Crippen LogP contribution is -2.37. The Labute approximate surface area is 137 Å². The number of benzene rings is 1. The summed E-state index contributed by atoms with van der Waals surface area (Å²) in [5, 5.41) is 3.52. The summed E-state index contributed by atoms with van der Waals surface area (Å²) in [6, 6.07) is 6.65. The van der Waals surface area contributed by atoms with Gasteiger partial charge < -0.3 is 15.0 Å². The van der Waals surface area contributed by atoms with Gasteiger partial charge in [-0.15, -0.1) is 0 Å². The van der Waals surface area contributed by atoms with Crippen LogP contribution >= 0.6 is 15.9 Å². The topological polar surface area (TPSA) is 24.5 Å². The van der Waals surface area contributed by atoms with Gasteiger partial charge >= 0.3 is 0 Å². The number of ether oxygens (including phenoxy) is 1. The second kappa shape index (κ2) is 8.76. The van der Waals surface area contributed by atoms with Crippen molar-refractivity contribution < 1.29 is 4.74 Å². The van der Waals surface area contributed by atoms with Gasteiger partial charge in [-0.1, -0.05) is 22.9 Å². The van der Waals surface area contributed by atoms with Crippen LogP contribution in [0.4, 0.5) is 5.69 Å². The van der Waals surface area contributed by atoms with Crippen LogP contribution in [-0.2, 0) is 11.3 Å². The quantitative estimate of drug-likeness (QED) is 0.753. The zero-order chi connectivity index (χ0) is 15.1. The predicted molar refractivity (Wildman–Crippen MR) is 93.0 cm³/mol. The maximum Gasteiger partial charge on any atom is 0.0507 e. The third-order valence-electron chi connectivity index (χ3n) is 4.05. The van der Waals surface area contributed by atoms with Crippen LogP contribution in [0.25, 0.3) is 0 Å². The lowest BCUT2D eigenvalue weighted by atomic mass is 9.97. The molecule has 1 aliphatic rings. The first-order valence-electron chi connectivity index (χ1n) is 7.97. The second-order valence-electron chi connectivity index (χ2n) is 5.86. The van der Waals surface area contributed by atoms with E-state index < -0.39 is 0 Å². The van der Waals surface area contributed by atoms with Crippen molar-refractivity contribution in [2.75, 3.05) is 38.3 Å². The monoisotopic (exact) mass is 354 g/mol. The number of hydrogen-bond donors (Lipinski definition) is 1. The molecule has 2 rings (SSSR count). The molecule has 0 spiro atoms. The molecule has 1 unspecified atom stereocenters. The van der Waals surface area contributed by atoms with Crippen LogP contribution in [0, 0.1) is 5.92 Å². The summed E-state index contributed by atoms with van der Waals surface area (Å²) in [7, 11) is 1.80. The van der Waals surface area contributed by atoms with Gasteiger partial charge in [0.2, 0.25) is 0 Å². The summed E-state index contributed by atoms with van der Waals surface area (Å²) in [4.78, 5) is 2.53. The minimum Gasteiger partial charge on any atom is -0.384 e. The SMILES string of the molecule is CCCNCc1cc(Br)ccc1N1CCCC(COC)C1. The van der Waals surface area contributed by atoms with Crippen molar-refractivity contribution in [3.63, 3.8) is 0 Å². The minimum absolute atomic E-state index is 0.656. The Kier molecular flexibility index (Phi) is 7.00. The van der Waals surface area contributed by atoms with Crippen LogP contribution in [-0.4, -0.2) is 33.4 Å². The van der Waals surface area contributed by atoms with Crippen molar-refractivity contribution in [1.82, 2.24) is 5.32 Å². The summed E-state index contributed by atoms with van der Waals surface area (Å²) in [6.45, 7) is 7.34. The van der Waals surface area contributed by atoms with E-state index in [4.69, 9.17) is 4.74 Å². The van der Waals surface area contributed by atoms with E-state index in [0.717, 1.165) is 37.3 Å². The van der Waals surface area contributed by atoms with Gasteiger partial charge in [-0.25, -0.2) is 0 Å². The van der Waals surface area contributed by atoms with Gasteiger partial charge in [0.1, 0.15) is 0 Å². The highest BCUT2D eigenvalue weighted by atomic mass is 79.9. The van der Waals surface area contributed by atoms with Crippen LogP contribution in [0.2, 0.25) is 0 Å². The molecule has 1 atom stereocenters. The van der Waals surface area contributed by atoms with E-state index >= 15 is 0 Å². The molecular weight excluding hydrogens is 328 g/mol. The van der Waals surface area contributed by atoms with E-state index in [0.29, 0.717) is 5.92 Å². The van der Waals surface area contributed by atoms with Crippen molar-refractivity contribution in [1.29, 1.82) is 0 Å². The van der Waals surface area contributed by atoms with Gasteiger partial charge in [-0.3, -0.25) is 0 Å². The van der Waals surface area contributed by atoms with E-state index in [1.165, 1.54) is 30.5 Å². The smallest absolute Gasteiger partial charge is 0.0507 e. The molecule has 0 amide bonds. The molecular formula is C17H27BrN2O. The summed E-state index contributed by atoms with van der Waals surface area (Å²) >= 11 is 3.60. The summed E-state index contributed by atoms with van der Waals surface area (Å²) < 4.78 is 6.51. The average Bonchev–Trinajstić information content (AvgIpc) is 2.48. The number of nitrogens with one attached hydrogen (secondary N) is 1. The number of hydrogen-bond acceptors (Lipinski definition) is 3. The molecule has 1 heterocycles. The molecule has 0 radical (unpaired) electrons. The molecule has 4 heteroatoms. The fourth-order valence-electron chi connectivity index (χ4n) is 3.06. The molecule has 1 saturated heterocycles. The van der Waals surface area contributed by atoms with Crippen LogP contribution in [0.3, 0.4) is 0 Å². The molecule has 3 nitrogen and oxygen atoms in total. The maximum absolute atomic E-state index is 5.35. The maximum atomic E-state index is 5.35.